The van der Waals surface area contributed by atoms with Crippen LogP contribution in [-0.2, 0) is 9.59 Å². The Balaban J connectivity index is 1.73. The normalized spacial score (nSPS) is 18.0. The second-order valence-electron chi connectivity index (χ2n) is 12.2. The molecular weight excluding hydrogens is 628 g/mol. The first-order valence-corrected chi connectivity index (χ1v) is 15.2. The van der Waals surface area contributed by atoms with Crippen molar-refractivity contribution in [3.8, 4) is 5.75 Å². The molecule has 2 aliphatic rings. The Kier molecular flexibility index (Phi) is 9.34. The van der Waals surface area contributed by atoms with E-state index in [1.54, 1.807) is 63.2 Å². The fraction of sp³-hybridized carbons (Fsp3) is 0.294. The summed E-state index contributed by atoms with van der Waals surface area (Å²) in [6.07, 6.45) is -0.718. The maximum atomic E-state index is 14.5. The molecule has 1 fully saturated rings. The number of amides is 3. The summed E-state index contributed by atoms with van der Waals surface area (Å²) >= 11 is 6.21. The van der Waals surface area contributed by atoms with Crippen molar-refractivity contribution in [2.45, 2.75) is 44.9 Å². The zero-order chi connectivity index (χ0) is 34.0. The lowest BCUT2D eigenvalue weighted by Crippen LogP contribution is -2.55. The van der Waals surface area contributed by atoms with E-state index in [1.807, 2.05) is 0 Å². The molecule has 3 N–H and O–H groups in total. The molecule has 2 atom stereocenters. The summed E-state index contributed by atoms with van der Waals surface area (Å²) in [5.41, 5.74) is 1.03. The fourth-order valence-corrected chi connectivity index (χ4v) is 5.63. The van der Waals surface area contributed by atoms with E-state index in [1.165, 1.54) is 34.1 Å². The average molecular weight is 661 g/mol. The van der Waals surface area contributed by atoms with Crippen LogP contribution in [0.25, 0.3) is 0 Å². The highest BCUT2D eigenvalue weighted by Gasteiger charge is 2.45. The van der Waals surface area contributed by atoms with Crippen LogP contribution >= 0.6 is 11.6 Å². The molecule has 0 aromatic heterocycles. The minimum atomic E-state index is -1.28. The second-order valence-corrected chi connectivity index (χ2v) is 12.6. The number of rotatable bonds is 8. The van der Waals surface area contributed by atoms with E-state index in [-0.39, 0.29) is 48.3 Å². The fourth-order valence-electron chi connectivity index (χ4n) is 5.51. The van der Waals surface area contributed by atoms with E-state index in [4.69, 9.17) is 21.3 Å². The Labute approximate surface area is 275 Å². The van der Waals surface area contributed by atoms with Gasteiger partial charge in [0.1, 0.15) is 36.2 Å². The number of carboxylic acid groups (broad SMARTS) is 2. The summed E-state index contributed by atoms with van der Waals surface area (Å²) < 4.78 is 6.29. The topological polar surface area (TPSA) is 166 Å². The van der Waals surface area contributed by atoms with Gasteiger partial charge in [-0.3, -0.25) is 24.3 Å². The zero-order valence-corrected chi connectivity index (χ0v) is 26.7. The first-order chi connectivity index (χ1) is 22.2. The van der Waals surface area contributed by atoms with Gasteiger partial charge in [0.25, 0.3) is 0 Å². The van der Waals surface area contributed by atoms with E-state index >= 15 is 0 Å². The van der Waals surface area contributed by atoms with Crippen LogP contribution in [0.3, 0.4) is 0 Å². The number of aliphatic imine (C=N–C) groups is 1. The van der Waals surface area contributed by atoms with Gasteiger partial charge >= 0.3 is 18.0 Å². The van der Waals surface area contributed by atoms with Crippen LogP contribution in [0.2, 0.25) is 5.02 Å². The molecule has 244 valence electrons. The van der Waals surface area contributed by atoms with Crippen LogP contribution in [0.5, 0.6) is 5.75 Å². The second kappa shape index (κ2) is 13.2. The van der Waals surface area contributed by atoms with Crippen LogP contribution < -0.4 is 10.1 Å². The number of benzene rings is 3. The number of carboxylic acids is 2. The van der Waals surface area contributed by atoms with Crippen LogP contribution in [0, 0.1) is 0 Å². The SMILES string of the molecule is CC(C)(C)Oc1cc(C(=O)CC(=O)O)ccc1C1=N[C@@H](c2ccc(Cl)cc2)[C@@H](c2ccc(C(=O)O)cc2)N1C(=O)N1CCNC(=O)C1. The summed E-state index contributed by atoms with van der Waals surface area (Å²) in [5.74, 6) is -2.95. The van der Waals surface area contributed by atoms with E-state index in [2.05, 4.69) is 5.32 Å². The largest absolute Gasteiger partial charge is 0.487 e. The Morgan fingerprint density at radius 2 is 1.60 bits per heavy atom. The molecule has 0 bridgehead atoms. The number of urea groups is 1. The number of Topliss-reactive ketones (excluding diaryl/α,β-unsaturated/α-hetero) is 1. The van der Waals surface area contributed by atoms with Gasteiger partial charge in [-0.1, -0.05) is 41.9 Å². The Hall–Kier alpha value is -5.23. The van der Waals surface area contributed by atoms with E-state index in [0.717, 1.165) is 0 Å². The summed E-state index contributed by atoms with van der Waals surface area (Å²) in [6, 6.07) is 15.6. The molecule has 0 aliphatic carbocycles. The van der Waals surface area contributed by atoms with Gasteiger partial charge in [0.2, 0.25) is 5.91 Å². The minimum absolute atomic E-state index is 0.0593. The molecule has 0 radical (unpaired) electrons. The summed E-state index contributed by atoms with van der Waals surface area (Å²) in [4.78, 5) is 70.6. The maximum absolute atomic E-state index is 14.5. The van der Waals surface area contributed by atoms with Crippen LogP contribution in [0.4, 0.5) is 4.79 Å². The molecule has 3 amide bonds. The number of amidine groups is 1. The average Bonchev–Trinajstić information content (AvgIpc) is 3.40. The van der Waals surface area contributed by atoms with Crippen molar-refractivity contribution in [1.29, 1.82) is 0 Å². The number of aliphatic carboxylic acids is 1. The number of halogens is 1. The number of nitrogens with zero attached hydrogens (tertiary/aromatic N) is 3. The first kappa shape index (κ1) is 33.1. The quantitative estimate of drug-likeness (QED) is 0.225. The van der Waals surface area contributed by atoms with E-state index in [0.29, 0.717) is 21.7 Å². The predicted molar refractivity (Wildman–Crippen MR) is 172 cm³/mol. The minimum Gasteiger partial charge on any atom is -0.487 e. The number of ether oxygens (including phenoxy) is 1. The summed E-state index contributed by atoms with van der Waals surface area (Å²) in [5, 5.41) is 22.0. The molecule has 0 spiro atoms. The lowest BCUT2D eigenvalue weighted by molar-refractivity contribution is -0.136. The van der Waals surface area contributed by atoms with Crippen molar-refractivity contribution in [1.82, 2.24) is 15.1 Å². The van der Waals surface area contributed by atoms with Crippen molar-refractivity contribution in [3.63, 3.8) is 0 Å². The third-order valence-electron chi connectivity index (χ3n) is 7.56. The van der Waals surface area contributed by atoms with Crippen molar-refractivity contribution < 1.29 is 38.9 Å². The van der Waals surface area contributed by atoms with Crippen molar-refractivity contribution in [2.75, 3.05) is 19.6 Å². The Morgan fingerprint density at radius 1 is 0.957 bits per heavy atom. The number of carbonyl (C=O) groups is 5. The molecule has 5 rings (SSSR count). The standard InChI is InChI=1S/C34H33ClN4O8/c1-34(2,3)47-26-16-22(25(40)17-28(42)43)10-13-24(26)31-37-29(19-8-11-23(35)12-9-19)30(20-4-6-21(7-5-20)32(44)45)39(31)33(46)38-15-14-36-27(41)18-38/h4-13,16,29-30H,14-15,17-18H2,1-3H3,(H,36,41)(H,42,43)(H,44,45)/t29-,30+/m0/s1. The molecule has 3 aromatic carbocycles. The number of nitrogens with one attached hydrogen (secondary N) is 1. The Bertz CT molecular complexity index is 1770. The highest BCUT2D eigenvalue weighted by molar-refractivity contribution is 6.30. The third-order valence-corrected chi connectivity index (χ3v) is 7.82. The van der Waals surface area contributed by atoms with E-state index < -0.39 is 47.9 Å². The predicted octanol–water partition coefficient (Wildman–Crippen LogP) is 4.97. The smallest absolute Gasteiger partial charge is 0.335 e. The summed E-state index contributed by atoms with van der Waals surface area (Å²) in [6.45, 7) is 5.71. The van der Waals surface area contributed by atoms with Crippen LogP contribution in [-0.4, -0.2) is 80.7 Å². The van der Waals surface area contributed by atoms with Gasteiger partial charge in [0.15, 0.2) is 5.78 Å². The number of aromatic carboxylic acids is 1. The van der Waals surface area contributed by atoms with Gasteiger partial charge in [-0.2, -0.15) is 0 Å². The zero-order valence-electron chi connectivity index (χ0n) is 25.9. The highest BCUT2D eigenvalue weighted by atomic mass is 35.5. The molecule has 13 heteroatoms. The summed E-state index contributed by atoms with van der Waals surface area (Å²) in [7, 11) is 0. The molecule has 0 saturated carbocycles. The van der Waals surface area contributed by atoms with Gasteiger partial charge in [0, 0.05) is 23.7 Å². The number of hydrogen-bond donors (Lipinski definition) is 3. The monoisotopic (exact) mass is 660 g/mol. The lowest BCUT2D eigenvalue weighted by Gasteiger charge is -2.36. The van der Waals surface area contributed by atoms with Gasteiger partial charge in [-0.25, -0.2) is 9.59 Å². The molecule has 0 unspecified atom stereocenters. The van der Waals surface area contributed by atoms with Crippen molar-refractivity contribution in [3.05, 3.63) is 99.6 Å². The first-order valence-electron chi connectivity index (χ1n) is 14.8. The van der Waals surface area contributed by atoms with Gasteiger partial charge in [-0.05, 0) is 68.3 Å². The van der Waals surface area contributed by atoms with Crippen LogP contribution in [0.1, 0.15) is 76.7 Å². The van der Waals surface area contributed by atoms with Gasteiger partial charge in [0.05, 0.1) is 17.2 Å². The molecule has 12 nitrogen and oxygen atoms in total. The maximum Gasteiger partial charge on any atom is 0.335 e. The number of hydrogen-bond acceptors (Lipinski definition) is 7. The molecule has 2 heterocycles. The number of carbonyl (C=O) groups excluding carboxylic acids is 3. The lowest BCUT2D eigenvalue weighted by atomic mass is 9.93. The van der Waals surface area contributed by atoms with Crippen molar-refractivity contribution in [2.24, 2.45) is 4.99 Å². The highest BCUT2D eigenvalue weighted by Crippen LogP contribution is 2.45. The number of ketones is 1. The molecule has 2 aliphatic heterocycles. The van der Waals surface area contributed by atoms with E-state index in [9.17, 15) is 34.2 Å². The molecular formula is C34H33ClN4O8. The Morgan fingerprint density at radius 3 is 2.19 bits per heavy atom. The van der Waals surface area contributed by atoms with Gasteiger partial charge < -0.3 is 25.2 Å². The van der Waals surface area contributed by atoms with Gasteiger partial charge in [-0.15, -0.1) is 0 Å². The molecule has 1 saturated heterocycles. The van der Waals surface area contributed by atoms with Crippen LogP contribution in [0.15, 0.2) is 71.7 Å². The number of piperazine rings is 1. The molecule has 3 aromatic rings. The van der Waals surface area contributed by atoms with Crippen molar-refractivity contribution >= 4 is 47.1 Å². The third kappa shape index (κ3) is 7.44. The molecule has 47 heavy (non-hydrogen) atoms.